The first kappa shape index (κ1) is 48.7. The molecule has 20 nitrogen and oxygen atoms in total. The van der Waals surface area contributed by atoms with Crippen LogP contribution >= 0.6 is 7.82 Å². The molecule has 4 heterocycles. The highest BCUT2D eigenvalue weighted by Crippen LogP contribution is 2.35. The van der Waals surface area contributed by atoms with Crippen molar-refractivity contribution in [2.24, 2.45) is 0 Å². The third-order valence-corrected chi connectivity index (χ3v) is 10.4. The zero-order valence-electron chi connectivity index (χ0n) is 35.5. The molecule has 0 saturated carbocycles. The number of hydrogen-bond donors (Lipinski definition) is 9. The number of anilines is 4. The summed E-state index contributed by atoms with van der Waals surface area (Å²) in [5.41, 5.74) is 0.968. The van der Waals surface area contributed by atoms with E-state index >= 15 is 0 Å². The largest absolute Gasteiger partial charge is 0.493 e. The van der Waals surface area contributed by atoms with Gasteiger partial charge in [-0.15, -0.1) is 0 Å². The number of nitrogens with zero attached hydrogens (tertiary/aromatic N) is 5. The third kappa shape index (κ3) is 14.6. The Labute approximate surface area is 375 Å². The van der Waals surface area contributed by atoms with Crippen LogP contribution in [0, 0.1) is 17.5 Å². The lowest BCUT2D eigenvalue weighted by molar-refractivity contribution is -0.115. The van der Waals surface area contributed by atoms with Crippen molar-refractivity contribution in [3.05, 3.63) is 114 Å². The number of carbonyl (C=O) groups is 3. The summed E-state index contributed by atoms with van der Waals surface area (Å²) in [6.07, 6.45) is 4.96. The minimum atomic E-state index is -4.46. The van der Waals surface area contributed by atoms with E-state index in [1.807, 2.05) is 24.0 Å². The second-order valence-electron chi connectivity index (χ2n) is 14.7. The van der Waals surface area contributed by atoms with Crippen LogP contribution in [0.4, 0.5) is 36.2 Å². The number of aromatic amines is 2. The Hall–Kier alpha value is -6.75. The highest BCUT2D eigenvalue weighted by atomic mass is 31.2. The van der Waals surface area contributed by atoms with E-state index in [0.29, 0.717) is 66.9 Å². The number of phosphoric ester groups is 1. The SMILES string of the molecule is CCN(CCCOc1ccc2c(Nc3cc(CC(=O)Nc4cccc(F)c4)[nH]n3)ncnc2c1)CCOP(=O)(O)O.O=C(NC1CCNCC1)c1[nH]ncc1NC(=O)c1c(F)cccc1F. The number of amides is 3. The molecule has 0 aliphatic carbocycles. The quantitative estimate of drug-likeness (QED) is 0.0380. The molecule has 9 N–H and O–H groups in total. The molecule has 1 saturated heterocycles. The van der Waals surface area contributed by atoms with Gasteiger partial charge in [0.05, 0.1) is 37.0 Å². The number of H-pyrrole nitrogens is 2. The van der Waals surface area contributed by atoms with E-state index in [1.54, 1.807) is 18.2 Å². The predicted octanol–water partition coefficient (Wildman–Crippen LogP) is 5.04. The molecule has 0 radical (unpaired) electrons. The van der Waals surface area contributed by atoms with Crippen LogP contribution in [0.3, 0.4) is 0 Å². The summed E-state index contributed by atoms with van der Waals surface area (Å²) in [6, 6.07) is 16.0. The fraction of sp³-hybridized carbons (Fsp3) is 0.310. The van der Waals surface area contributed by atoms with Crippen LogP contribution < -0.4 is 31.3 Å². The van der Waals surface area contributed by atoms with Gasteiger partial charge in [0.15, 0.2) is 5.82 Å². The van der Waals surface area contributed by atoms with Crippen molar-refractivity contribution in [3.63, 3.8) is 0 Å². The maximum atomic E-state index is 13.7. The first-order valence-electron chi connectivity index (χ1n) is 20.7. The lowest BCUT2D eigenvalue weighted by Crippen LogP contribution is -2.43. The van der Waals surface area contributed by atoms with Gasteiger partial charge in [0, 0.05) is 48.0 Å². The van der Waals surface area contributed by atoms with E-state index in [9.17, 15) is 32.1 Å². The van der Waals surface area contributed by atoms with Crippen LogP contribution in [0.2, 0.25) is 0 Å². The first-order valence-corrected chi connectivity index (χ1v) is 22.2. The third-order valence-electron chi connectivity index (χ3n) is 9.93. The maximum absolute atomic E-state index is 13.7. The molecule has 0 spiro atoms. The van der Waals surface area contributed by atoms with Gasteiger partial charge < -0.3 is 46.0 Å². The average molecular weight is 937 g/mol. The molecule has 0 bridgehead atoms. The molecule has 3 amide bonds. The van der Waals surface area contributed by atoms with Gasteiger partial charge in [-0.1, -0.05) is 19.1 Å². The summed E-state index contributed by atoms with van der Waals surface area (Å²) < 4.78 is 61.9. The number of ether oxygens (including phenoxy) is 1. The molecular formula is C42H48F3N12O8P. The van der Waals surface area contributed by atoms with Gasteiger partial charge in [0.25, 0.3) is 11.8 Å². The molecule has 3 aromatic carbocycles. The predicted molar refractivity (Wildman–Crippen MR) is 237 cm³/mol. The highest BCUT2D eigenvalue weighted by Gasteiger charge is 2.23. The van der Waals surface area contributed by atoms with Crippen molar-refractivity contribution < 1.29 is 51.2 Å². The van der Waals surface area contributed by atoms with E-state index < -0.39 is 42.7 Å². The van der Waals surface area contributed by atoms with E-state index in [1.165, 1.54) is 30.7 Å². The molecule has 6 aromatic rings. The van der Waals surface area contributed by atoms with E-state index in [4.69, 9.17) is 14.5 Å². The molecule has 0 unspecified atom stereocenters. The Balaban J connectivity index is 0.000000245. The van der Waals surface area contributed by atoms with Crippen molar-refractivity contribution in [1.82, 2.24) is 45.9 Å². The van der Waals surface area contributed by atoms with Gasteiger partial charge in [0.1, 0.15) is 46.6 Å². The van der Waals surface area contributed by atoms with Crippen LogP contribution in [0.1, 0.15) is 52.7 Å². The fourth-order valence-electron chi connectivity index (χ4n) is 6.68. The number of rotatable bonds is 19. The van der Waals surface area contributed by atoms with Gasteiger partial charge in [-0.3, -0.25) is 29.1 Å². The van der Waals surface area contributed by atoms with Crippen LogP contribution in [-0.4, -0.2) is 115 Å². The van der Waals surface area contributed by atoms with E-state index in [2.05, 4.69) is 61.5 Å². The number of fused-ring (bicyclic) bond motifs is 1. The first-order chi connectivity index (χ1) is 31.7. The number of benzene rings is 3. The molecule has 1 fully saturated rings. The maximum Gasteiger partial charge on any atom is 0.469 e. The Kier molecular flexibility index (Phi) is 17.3. The molecule has 7 rings (SSSR count). The lowest BCUT2D eigenvalue weighted by Gasteiger charge is -2.23. The van der Waals surface area contributed by atoms with E-state index in [0.717, 1.165) is 49.5 Å². The summed E-state index contributed by atoms with van der Waals surface area (Å²) in [6.45, 7) is 5.78. The zero-order chi connectivity index (χ0) is 47.1. The molecule has 66 heavy (non-hydrogen) atoms. The Morgan fingerprint density at radius 2 is 1.68 bits per heavy atom. The van der Waals surface area contributed by atoms with Crippen LogP contribution in [-0.2, 0) is 20.3 Å². The standard InChI is InChI=1S/C26H31FN7O6P.C16H17F2N5O2/c1-2-34(10-12-40-41(36,37)38)9-4-11-39-21-7-8-22-23(16-21)28-17-29-26(22)31-24-14-20(32-33-24)15-25(35)30-19-6-3-5-18(27)13-19;17-10-2-1-3-11(18)13(10)15(24)22-12-8-20-23-14(12)16(25)21-9-4-6-19-7-5-9/h3,5-8,13-14,16-17H,2,4,9-12,15H2,1H3,(H,30,35)(H2,36,37,38)(H2,28,29,31,32,33);1-3,8-9,19H,4-7H2,(H,20,23)(H,21,25)(H,22,24). The number of likely N-dealkylation sites (N-methyl/N-ethyl adjacent to an activating group) is 1. The number of carbonyl (C=O) groups excluding carboxylic acids is 3. The normalized spacial score (nSPS) is 12.9. The molecule has 350 valence electrons. The van der Waals surface area contributed by atoms with Gasteiger partial charge in [-0.05, 0) is 81.4 Å². The van der Waals surface area contributed by atoms with Crippen molar-refractivity contribution in [3.8, 4) is 5.75 Å². The highest BCUT2D eigenvalue weighted by molar-refractivity contribution is 7.46. The molecule has 24 heteroatoms. The lowest BCUT2D eigenvalue weighted by atomic mass is 10.1. The fourth-order valence-corrected chi connectivity index (χ4v) is 7.00. The second-order valence-corrected chi connectivity index (χ2v) is 15.9. The van der Waals surface area contributed by atoms with Gasteiger partial charge in [-0.25, -0.2) is 27.7 Å². The Morgan fingerprint density at radius 1 is 0.909 bits per heavy atom. The second kappa shape index (κ2) is 23.4. The number of nitrogens with one attached hydrogen (secondary N) is 7. The number of aromatic nitrogens is 6. The number of piperidine rings is 1. The monoisotopic (exact) mass is 936 g/mol. The van der Waals surface area contributed by atoms with Crippen molar-refractivity contribution in [2.45, 2.75) is 38.6 Å². The minimum Gasteiger partial charge on any atom is -0.493 e. The van der Waals surface area contributed by atoms with Gasteiger partial charge >= 0.3 is 7.82 Å². The van der Waals surface area contributed by atoms with Crippen molar-refractivity contribution >= 4 is 59.5 Å². The summed E-state index contributed by atoms with van der Waals surface area (Å²) in [4.78, 5) is 65.1. The molecular weight excluding hydrogens is 889 g/mol. The van der Waals surface area contributed by atoms with Gasteiger partial charge in [0.2, 0.25) is 5.91 Å². The summed E-state index contributed by atoms with van der Waals surface area (Å²) in [5, 5.41) is 28.1. The smallest absolute Gasteiger partial charge is 0.469 e. The van der Waals surface area contributed by atoms with Crippen molar-refractivity contribution in [2.75, 3.05) is 61.9 Å². The van der Waals surface area contributed by atoms with Crippen LogP contribution in [0.25, 0.3) is 10.9 Å². The summed E-state index contributed by atoms with van der Waals surface area (Å²) in [5.74, 6) is -2.52. The summed E-state index contributed by atoms with van der Waals surface area (Å²) in [7, 11) is -4.46. The van der Waals surface area contributed by atoms with Gasteiger partial charge in [-0.2, -0.15) is 10.2 Å². The zero-order valence-corrected chi connectivity index (χ0v) is 36.4. The molecule has 0 atom stereocenters. The van der Waals surface area contributed by atoms with Crippen molar-refractivity contribution in [1.29, 1.82) is 0 Å². The Morgan fingerprint density at radius 3 is 2.42 bits per heavy atom. The molecule has 3 aromatic heterocycles. The van der Waals surface area contributed by atoms with E-state index in [-0.39, 0.29) is 36.4 Å². The van der Waals surface area contributed by atoms with Crippen LogP contribution in [0.15, 0.2) is 79.3 Å². The molecule has 1 aliphatic rings. The van der Waals surface area contributed by atoms with Crippen LogP contribution in [0.5, 0.6) is 5.75 Å². The number of halogens is 3. The molecule has 1 aliphatic heterocycles. The number of phosphoric acid groups is 1. The average Bonchev–Trinajstić information content (AvgIpc) is 3.93. The number of hydrogen-bond acceptors (Lipinski definition) is 13. The topological polar surface area (TPSA) is 274 Å². The Bertz CT molecular complexity index is 2620. The minimum absolute atomic E-state index is 0.0182. The summed E-state index contributed by atoms with van der Waals surface area (Å²) >= 11 is 0.